The quantitative estimate of drug-likeness (QED) is 0.421. The van der Waals surface area contributed by atoms with Crippen molar-refractivity contribution < 1.29 is 4.92 Å². The molecule has 0 unspecified atom stereocenters. The predicted octanol–water partition coefficient (Wildman–Crippen LogP) is 2.63. The first-order valence-electron chi connectivity index (χ1n) is 7.33. The number of nitrogens with zero attached hydrogens (tertiary/aromatic N) is 5. The Labute approximate surface area is 147 Å². The number of benzene rings is 1. The van der Waals surface area contributed by atoms with Crippen LogP contribution in [0.2, 0.25) is 0 Å². The van der Waals surface area contributed by atoms with E-state index < -0.39 is 4.92 Å². The molecule has 3 aromatic rings. The predicted molar refractivity (Wildman–Crippen MR) is 93.6 cm³/mol. The average Bonchev–Trinajstić information content (AvgIpc) is 3.25. The first-order valence-corrected chi connectivity index (χ1v) is 7.33. The first-order chi connectivity index (χ1) is 12.5. The lowest BCUT2D eigenvalue weighted by atomic mass is 10.1. The molecule has 0 saturated carbocycles. The van der Waals surface area contributed by atoms with Crippen molar-refractivity contribution in [3.05, 3.63) is 69.7 Å². The number of anilines is 1. The van der Waals surface area contributed by atoms with Crippen molar-refractivity contribution in [2.24, 2.45) is 0 Å². The van der Waals surface area contributed by atoms with Crippen LogP contribution >= 0.6 is 0 Å². The molecule has 3 rings (SSSR count). The highest BCUT2D eigenvalue weighted by Gasteiger charge is 2.15. The molecule has 0 saturated heterocycles. The van der Waals surface area contributed by atoms with Crippen LogP contribution in [-0.2, 0) is 0 Å². The maximum absolute atomic E-state index is 10.8. The average molecular weight is 345 g/mol. The Hall–Kier alpha value is -4.37. The highest BCUT2D eigenvalue weighted by molar-refractivity contribution is 5.90. The zero-order chi connectivity index (χ0) is 18.7. The number of aromatic nitrogens is 3. The van der Waals surface area contributed by atoms with Crippen LogP contribution in [0.1, 0.15) is 17.0 Å². The molecule has 0 aliphatic heterocycles. The Balaban J connectivity index is 2.05. The van der Waals surface area contributed by atoms with Crippen molar-refractivity contribution in [3.8, 4) is 17.8 Å². The number of hydrogen-bond acceptors (Lipinski definition) is 6. The molecule has 9 heteroatoms. The second-order valence-corrected chi connectivity index (χ2v) is 5.22. The van der Waals surface area contributed by atoms with Gasteiger partial charge in [0, 0.05) is 29.7 Å². The first kappa shape index (κ1) is 16.5. The fraction of sp³-hybridized carbons (Fsp3) is 0. The number of nitro groups is 1. The fourth-order valence-electron chi connectivity index (χ4n) is 2.45. The molecule has 0 radical (unpaired) electrons. The van der Waals surface area contributed by atoms with Crippen LogP contribution < -0.4 is 5.73 Å². The second-order valence-electron chi connectivity index (χ2n) is 5.22. The normalized spacial score (nSPS) is 10.9. The maximum Gasteiger partial charge on any atom is 0.269 e. The van der Waals surface area contributed by atoms with Crippen molar-refractivity contribution in [2.75, 3.05) is 5.73 Å². The molecule has 126 valence electrons. The van der Waals surface area contributed by atoms with Crippen molar-refractivity contribution in [1.29, 1.82) is 10.5 Å². The molecule has 0 spiro atoms. The standard InChI is InChI=1S/C17H11N7O2/c18-9-11(16-15(10-19)17(20)22-21-16)8-14-2-1-7-23(14)12-3-5-13(6-4-12)24(25)26/h1-8H,(H3,20,21,22)/b11-8+. The van der Waals surface area contributed by atoms with E-state index in [9.17, 15) is 20.6 Å². The summed E-state index contributed by atoms with van der Waals surface area (Å²) in [6, 6.07) is 13.5. The molecular weight excluding hydrogens is 334 g/mol. The Bertz CT molecular complexity index is 1090. The third-order valence-electron chi connectivity index (χ3n) is 3.71. The largest absolute Gasteiger partial charge is 0.381 e. The van der Waals surface area contributed by atoms with Gasteiger partial charge in [-0.2, -0.15) is 15.6 Å². The third-order valence-corrected chi connectivity index (χ3v) is 3.71. The maximum atomic E-state index is 10.8. The molecule has 0 fully saturated rings. The topological polar surface area (TPSA) is 150 Å². The van der Waals surface area contributed by atoms with E-state index in [0.717, 1.165) is 0 Å². The van der Waals surface area contributed by atoms with Gasteiger partial charge in [0.2, 0.25) is 0 Å². The van der Waals surface area contributed by atoms with Crippen molar-refractivity contribution in [2.45, 2.75) is 0 Å². The lowest BCUT2D eigenvalue weighted by molar-refractivity contribution is -0.384. The van der Waals surface area contributed by atoms with Crippen molar-refractivity contribution in [1.82, 2.24) is 14.8 Å². The van der Waals surface area contributed by atoms with E-state index in [2.05, 4.69) is 10.2 Å². The van der Waals surface area contributed by atoms with E-state index in [4.69, 9.17) is 5.73 Å². The van der Waals surface area contributed by atoms with Crippen LogP contribution in [0, 0.1) is 32.8 Å². The SMILES string of the molecule is N#C/C(=C\c1cccn1-c1ccc([N+](=O)[O-])cc1)c1[nH]nc(N)c1C#N. The summed E-state index contributed by atoms with van der Waals surface area (Å²) in [6.45, 7) is 0. The lowest BCUT2D eigenvalue weighted by Gasteiger charge is -2.07. The lowest BCUT2D eigenvalue weighted by Crippen LogP contribution is -1.96. The number of nitrogens with two attached hydrogens (primary N) is 1. The molecule has 0 aliphatic carbocycles. The van der Waals surface area contributed by atoms with Crippen LogP contribution in [0.5, 0.6) is 0 Å². The molecule has 3 N–H and O–H groups in total. The summed E-state index contributed by atoms with van der Waals surface area (Å²) < 4.78 is 1.76. The Kier molecular flexibility index (Phi) is 4.20. The molecule has 9 nitrogen and oxygen atoms in total. The molecule has 0 aliphatic rings. The number of nitro benzene ring substituents is 1. The molecular formula is C17H11N7O2. The zero-order valence-corrected chi connectivity index (χ0v) is 13.2. The number of allylic oxidation sites excluding steroid dienone is 1. The van der Waals surface area contributed by atoms with Gasteiger partial charge in [0.15, 0.2) is 5.82 Å². The van der Waals surface area contributed by atoms with Crippen LogP contribution in [0.3, 0.4) is 0 Å². The monoisotopic (exact) mass is 345 g/mol. The van der Waals surface area contributed by atoms with E-state index >= 15 is 0 Å². The Morgan fingerprint density at radius 1 is 1.31 bits per heavy atom. The van der Waals surface area contributed by atoms with Gasteiger partial charge < -0.3 is 10.3 Å². The number of hydrogen-bond donors (Lipinski definition) is 2. The van der Waals surface area contributed by atoms with Gasteiger partial charge in [0.05, 0.1) is 16.2 Å². The van der Waals surface area contributed by atoms with E-state index in [0.29, 0.717) is 11.4 Å². The van der Waals surface area contributed by atoms with Gasteiger partial charge in [-0.15, -0.1) is 0 Å². The third kappa shape index (κ3) is 2.88. The Morgan fingerprint density at radius 3 is 2.65 bits per heavy atom. The number of non-ortho nitro benzene ring substituents is 1. The number of H-pyrrole nitrogens is 1. The summed E-state index contributed by atoms with van der Waals surface area (Å²) >= 11 is 0. The smallest absolute Gasteiger partial charge is 0.269 e. The van der Waals surface area contributed by atoms with Crippen LogP contribution in [-0.4, -0.2) is 19.7 Å². The number of nitrogen functional groups attached to an aromatic ring is 1. The summed E-state index contributed by atoms with van der Waals surface area (Å²) in [4.78, 5) is 10.3. The van der Waals surface area contributed by atoms with E-state index in [1.807, 2.05) is 12.1 Å². The summed E-state index contributed by atoms with van der Waals surface area (Å²) in [6.07, 6.45) is 3.34. The number of rotatable bonds is 4. The second kappa shape index (κ2) is 6.63. The fourth-order valence-corrected chi connectivity index (χ4v) is 2.45. The number of aromatic amines is 1. The van der Waals surface area contributed by atoms with Crippen LogP contribution in [0.4, 0.5) is 11.5 Å². The number of nitrogens with one attached hydrogen (secondary N) is 1. The van der Waals surface area contributed by atoms with Gasteiger partial charge >= 0.3 is 0 Å². The molecule has 0 amide bonds. The van der Waals surface area contributed by atoms with Gasteiger partial charge in [-0.05, 0) is 30.3 Å². The minimum atomic E-state index is -0.472. The van der Waals surface area contributed by atoms with Gasteiger partial charge in [0.1, 0.15) is 17.7 Å². The van der Waals surface area contributed by atoms with Crippen LogP contribution in [0.25, 0.3) is 17.3 Å². The highest BCUT2D eigenvalue weighted by atomic mass is 16.6. The van der Waals surface area contributed by atoms with E-state index in [-0.39, 0.29) is 28.3 Å². The summed E-state index contributed by atoms with van der Waals surface area (Å²) in [5.41, 5.74) is 7.47. The van der Waals surface area contributed by atoms with Crippen LogP contribution in [0.15, 0.2) is 42.6 Å². The van der Waals surface area contributed by atoms with Gasteiger partial charge in [0.25, 0.3) is 5.69 Å². The molecule has 26 heavy (non-hydrogen) atoms. The van der Waals surface area contributed by atoms with E-state index in [1.165, 1.54) is 12.1 Å². The molecule has 2 heterocycles. The van der Waals surface area contributed by atoms with Gasteiger partial charge in [-0.3, -0.25) is 15.2 Å². The minimum Gasteiger partial charge on any atom is -0.381 e. The summed E-state index contributed by atoms with van der Waals surface area (Å²) in [5.74, 6) is 0.0226. The molecule has 0 atom stereocenters. The van der Waals surface area contributed by atoms with Gasteiger partial charge in [-0.1, -0.05) is 0 Å². The highest BCUT2D eigenvalue weighted by Crippen LogP contribution is 2.24. The summed E-state index contributed by atoms with van der Waals surface area (Å²) in [7, 11) is 0. The van der Waals surface area contributed by atoms with Crippen molar-refractivity contribution >= 4 is 23.2 Å². The van der Waals surface area contributed by atoms with E-state index in [1.54, 1.807) is 41.1 Å². The zero-order valence-electron chi connectivity index (χ0n) is 13.2. The van der Waals surface area contributed by atoms with Gasteiger partial charge in [-0.25, -0.2) is 0 Å². The Morgan fingerprint density at radius 2 is 2.04 bits per heavy atom. The van der Waals surface area contributed by atoms with Crippen molar-refractivity contribution in [3.63, 3.8) is 0 Å². The number of nitriles is 2. The molecule has 2 aromatic heterocycles. The minimum absolute atomic E-state index is 0.0118. The summed E-state index contributed by atoms with van der Waals surface area (Å²) in [5, 5.41) is 35.8. The molecule has 1 aromatic carbocycles. The molecule has 0 bridgehead atoms.